The highest BCUT2D eigenvalue weighted by Crippen LogP contribution is 2.29. The lowest BCUT2D eigenvalue weighted by atomic mass is 10.1. The predicted molar refractivity (Wildman–Crippen MR) is 61.4 cm³/mol. The van der Waals surface area contributed by atoms with Gasteiger partial charge in [-0.05, 0) is 30.7 Å². The maximum atomic E-state index is 5.54. The number of hydrogen-bond acceptors (Lipinski definition) is 2. The van der Waals surface area contributed by atoms with E-state index in [1.54, 1.807) is 0 Å². The van der Waals surface area contributed by atoms with Crippen molar-refractivity contribution in [3.63, 3.8) is 0 Å². The van der Waals surface area contributed by atoms with Gasteiger partial charge in [0.05, 0.1) is 9.47 Å². The molecule has 0 radical (unpaired) electrons. The van der Waals surface area contributed by atoms with E-state index in [4.69, 9.17) is 10.3 Å². The molecule has 0 saturated heterocycles. The topological polar surface area (TPSA) is 51.0 Å². The maximum Gasteiger partial charge on any atom is 0.132 e. The van der Waals surface area contributed by atoms with Gasteiger partial charge in [0.2, 0.25) is 0 Å². The Morgan fingerprint density at radius 2 is 2.29 bits per heavy atom. The second-order valence-corrected chi connectivity index (χ2v) is 3.38. The molecule has 0 bridgehead atoms. The minimum atomic E-state index is 0.651. The van der Waals surface area contributed by atoms with E-state index in [0.29, 0.717) is 6.54 Å². The molecule has 0 fully saturated rings. The predicted octanol–water partition coefficient (Wildman–Crippen LogP) is 1.84. The summed E-state index contributed by atoms with van der Waals surface area (Å²) in [6.45, 7) is 0.651. The zero-order valence-electron chi connectivity index (χ0n) is 7.79. The number of rotatable bonds is 3. The van der Waals surface area contributed by atoms with Gasteiger partial charge in [0.15, 0.2) is 0 Å². The van der Waals surface area contributed by atoms with E-state index in [1.165, 1.54) is 5.56 Å². The second kappa shape index (κ2) is 3.99. The normalized spacial score (nSPS) is 10.7. The van der Waals surface area contributed by atoms with Crippen molar-refractivity contribution < 1.29 is 4.52 Å². The van der Waals surface area contributed by atoms with Gasteiger partial charge in [-0.1, -0.05) is 6.07 Å². The minimum absolute atomic E-state index is 0.651. The molecule has 2 aromatic rings. The molecule has 1 unspecified atom stereocenters. The van der Waals surface area contributed by atoms with Gasteiger partial charge in [-0.15, -0.1) is 0 Å². The first-order chi connectivity index (χ1) is 6.86. The first-order valence-corrected chi connectivity index (χ1v) is 4.99. The van der Waals surface area contributed by atoms with Crippen LogP contribution < -0.4 is 10.3 Å². The largest absolute Gasteiger partial charge is 0.480 e. The third kappa shape index (κ3) is 1.49. The Bertz CT molecular complexity index is 439. The van der Waals surface area contributed by atoms with Crippen molar-refractivity contribution >= 4 is 20.4 Å². The van der Waals surface area contributed by atoms with E-state index in [0.717, 1.165) is 23.1 Å². The molecule has 1 atom stereocenters. The van der Waals surface area contributed by atoms with Crippen LogP contribution in [0.1, 0.15) is 5.56 Å². The van der Waals surface area contributed by atoms with E-state index in [1.807, 2.05) is 24.4 Å². The SMILES string of the molecule is NCCc1c[nH]c2cccc(OP)c12. The molecule has 0 saturated carbocycles. The van der Waals surface area contributed by atoms with Crippen LogP contribution >= 0.6 is 9.47 Å². The maximum absolute atomic E-state index is 5.54. The summed E-state index contributed by atoms with van der Waals surface area (Å²) in [4.78, 5) is 3.20. The first kappa shape index (κ1) is 9.50. The van der Waals surface area contributed by atoms with E-state index in [2.05, 4.69) is 14.5 Å². The summed E-state index contributed by atoms with van der Waals surface area (Å²) in [6.07, 6.45) is 2.86. The Labute approximate surface area is 84.9 Å². The molecule has 2 rings (SSSR count). The Kier molecular flexibility index (Phi) is 2.71. The van der Waals surface area contributed by atoms with Crippen molar-refractivity contribution in [2.75, 3.05) is 6.54 Å². The summed E-state index contributed by atoms with van der Waals surface area (Å²) >= 11 is 0. The summed E-state index contributed by atoms with van der Waals surface area (Å²) in [5.41, 5.74) is 7.84. The van der Waals surface area contributed by atoms with Crippen LogP contribution in [0, 0.1) is 0 Å². The molecule has 14 heavy (non-hydrogen) atoms. The molecule has 1 aromatic carbocycles. The van der Waals surface area contributed by atoms with E-state index >= 15 is 0 Å². The van der Waals surface area contributed by atoms with Crippen molar-refractivity contribution in [1.82, 2.24) is 4.98 Å². The van der Waals surface area contributed by atoms with Crippen molar-refractivity contribution in [3.8, 4) is 5.75 Å². The molecule has 0 amide bonds. The van der Waals surface area contributed by atoms with Crippen LogP contribution in [0.2, 0.25) is 0 Å². The van der Waals surface area contributed by atoms with Gasteiger partial charge in [-0.2, -0.15) is 0 Å². The number of hydrogen-bond donors (Lipinski definition) is 2. The number of nitrogens with two attached hydrogens (primary N) is 1. The quantitative estimate of drug-likeness (QED) is 0.756. The smallest absolute Gasteiger partial charge is 0.132 e. The highest BCUT2D eigenvalue weighted by atomic mass is 31.0. The van der Waals surface area contributed by atoms with Crippen molar-refractivity contribution in [1.29, 1.82) is 0 Å². The Balaban J connectivity index is 2.62. The first-order valence-electron chi connectivity index (χ1n) is 4.52. The molecule has 3 N–H and O–H groups in total. The minimum Gasteiger partial charge on any atom is -0.480 e. The van der Waals surface area contributed by atoms with Gasteiger partial charge in [0, 0.05) is 17.1 Å². The summed E-state index contributed by atoms with van der Waals surface area (Å²) in [5, 5.41) is 1.13. The zero-order chi connectivity index (χ0) is 9.97. The molecule has 0 aliphatic carbocycles. The van der Waals surface area contributed by atoms with Crippen LogP contribution in [0.4, 0.5) is 0 Å². The van der Waals surface area contributed by atoms with Gasteiger partial charge in [-0.25, -0.2) is 0 Å². The molecular formula is C10H13N2OP. The molecular weight excluding hydrogens is 195 g/mol. The van der Waals surface area contributed by atoms with Crippen LogP contribution in [-0.4, -0.2) is 11.5 Å². The molecule has 0 spiro atoms. The molecule has 1 heterocycles. The molecule has 1 aromatic heterocycles. The fourth-order valence-corrected chi connectivity index (χ4v) is 1.87. The number of fused-ring (bicyclic) bond motifs is 1. The number of aromatic amines is 1. The lowest BCUT2D eigenvalue weighted by Gasteiger charge is -2.03. The fraction of sp³-hybridized carbons (Fsp3) is 0.200. The van der Waals surface area contributed by atoms with Crippen LogP contribution in [0.15, 0.2) is 24.4 Å². The Hall–Kier alpha value is -1.05. The fourth-order valence-electron chi connectivity index (χ4n) is 1.67. The average molecular weight is 208 g/mol. The van der Waals surface area contributed by atoms with Crippen LogP contribution in [-0.2, 0) is 6.42 Å². The van der Waals surface area contributed by atoms with Gasteiger partial charge in [-0.3, -0.25) is 0 Å². The number of nitrogens with one attached hydrogen (secondary N) is 1. The van der Waals surface area contributed by atoms with Crippen LogP contribution in [0.3, 0.4) is 0 Å². The monoisotopic (exact) mass is 208 g/mol. The molecule has 74 valence electrons. The summed E-state index contributed by atoms with van der Waals surface area (Å²) < 4.78 is 5.23. The van der Waals surface area contributed by atoms with Gasteiger partial charge < -0.3 is 15.2 Å². The van der Waals surface area contributed by atoms with Crippen molar-refractivity contribution in [3.05, 3.63) is 30.0 Å². The highest BCUT2D eigenvalue weighted by Gasteiger charge is 2.07. The molecule has 3 nitrogen and oxygen atoms in total. The number of benzene rings is 1. The third-order valence-corrected chi connectivity index (χ3v) is 2.54. The Morgan fingerprint density at radius 1 is 1.43 bits per heavy atom. The van der Waals surface area contributed by atoms with Crippen molar-refractivity contribution in [2.45, 2.75) is 6.42 Å². The summed E-state index contributed by atoms with van der Waals surface area (Å²) in [5.74, 6) is 0.872. The van der Waals surface area contributed by atoms with Crippen LogP contribution in [0.5, 0.6) is 5.75 Å². The second-order valence-electron chi connectivity index (χ2n) is 3.15. The number of aromatic nitrogens is 1. The third-order valence-electron chi connectivity index (χ3n) is 2.29. The lowest BCUT2D eigenvalue weighted by molar-refractivity contribution is 0.653. The highest BCUT2D eigenvalue weighted by molar-refractivity contribution is 7.10. The Morgan fingerprint density at radius 3 is 3.00 bits per heavy atom. The van der Waals surface area contributed by atoms with Gasteiger partial charge in [0.25, 0.3) is 0 Å². The van der Waals surface area contributed by atoms with E-state index < -0.39 is 0 Å². The zero-order valence-corrected chi connectivity index (χ0v) is 8.94. The van der Waals surface area contributed by atoms with E-state index in [-0.39, 0.29) is 0 Å². The van der Waals surface area contributed by atoms with Crippen LogP contribution in [0.25, 0.3) is 10.9 Å². The summed E-state index contributed by atoms with van der Waals surface area (Å²) in [6, 6.07) is 5.94. The molecule has 0 aliphatic rings. The standard InChI is InChI=1S/C10H13N2OP/c11-5-4-7-6-12-8-2-1-3-9(13-14)10(7)8/h1-3,6,12H,4-5,11,14H2. The van der Waals surface area contributed by atoms with Gasteiger partial charge >= 0.3 is 0 Å². The number of H-pyrrole nitrogens is 1. The average Bonchev–Trinajstić information content (AvgIpc) is 2.62. The molecule has 4 heteroatoms. The lowest BCUT2D eigenvalue weighted by Crippen LogP contribution is -2.01. The summed E-state index contributed by atoms with van der Waals surface area (Å²) in [7, 11) is 2.27. The van der Waals surface area contributed by atoms with Crippen molar-refractivity contribution in [2.24, 2.45) is 5.73 Å². The van der Waals surface area contributed by atoms with Gasteiger partial charge in [0.1, 0.15) is 5.75 Å². The van der Waals surface area contributed by atoms with E-state index in [9.17, 15) is 0 Å². The molecule has 0 aliphatic heterocycles.